The fourth-order valence-corrected chi connectivity index (χ4v) is 4.31. The van der Waals surface area contributed by atoms with Crippen LogP contribution in [0.4, 0.5) is 0 Å². The van der Waals surface area contributed by atoms with Crippen LogP contribution in [0.5, 0.6) is 0 Å². The molecule has 0 amide bonds. The van der Waals surface area contributed by atoms with E-state index in [0.717, 1.165) is 23.7 Å². The van der Waals surface area contributed by atoms with E-state index in [1.54, 1.807) is 0 Å². The van der Waals surface area contributed by atoms with E-state index in [1.807, 2.05) is 12.1 Å². The SMILES string of the molecule is CC1CC(C)(C)CC(O)(Cc2cccc(Br)c2)C1. The maximum Gasteiger partial charge on any atom is 0.0695 e. The largest absolute Gasteiger partial charge is 0.390 e. The standard InChI is InChI=1S/C16H23BrO/c1-12-8-15(2,3)11-16(18,9-12)10-13-5-4-6-14(17)7-13/h4-7,12,18H,8-11H2,1-3H3. The van der Waals surface area contributed by atoms with E-state index in [4.69, 9.17) is 0 Å². The van der Waals surface area contributed by atoms with Gasteiger partial charge in [0.25, 0.3) is 0 Å². The Labute approximate surface area is 119 Å². The average Bonchev–Trinajstić information content (AvgIpc) is 2.11. The van der Waals surface area contributed by atoms with Crippen molar-refractivity contribution < 1.29 is 5.11 Å². The van der Waals surface area contributed by atoms with Crippen LogP contribution in [0.1, 0.15) is 45.6 Å². The van der Waals surface area contributed by atoms with Gasteiger partial charge in [-0.05, 0) is 48.3 Å². The molecule has 18 heavy (non-hydrogen) atoms. The summed E-state index contributed by atoms with van der Waals surface area (Å²) in [5.41, 5.74) is 0.928. The molecule has 2 rings (SSSR count). The Bertz CT molecular complexity index is 427. The second-order valence-electron chi connectivity index (χ2n) is 6.89. The normalized spacial score (nSPS) is 31.3. The molecule has 0 spiro atoms. The van der Waals surface area contributed by atoms with E-state index < -0.39 is 5.60 Å². The molecule has 1 aliphatic carbocycles. The summed E-state index contributed by atoms with van der Waals surface area (Å²) in [5, 5.41) is 10.9. The molecule has 2 atom stereocenters. The van der Waals surface area contributed by atoms with Crippen molar-refractivity contribution in [3.63, 3.8) is 0 Å². The summed E-state index contributed by atoms with van der Waals surface area (Å²) >= 11 is 3.50. The van der Waals surface area contributed by atoms with Crippen LogP contribution in [0.15, 0.2) is 28.7 Å². The molecule has 0 bridgehead atoms. The van der Waals surface area contributed by atoms with Crippen molar-refractivity contribution in [3.05, 3.63) is 34.3 Å². The third-order valence-corrected chi connectivity index (χ3v) is 4.35. The second-order valence-corrected chi connectivity index (χ2v) is 7.80. The summed E-state index contributed by atoms with van der Waals surface area (Å²) in [7, 11) is 0. The van der Waals surface area contributed by atoms with Crippen LogP contribution < -0.4 is 0 Å². The van der Waals surface area contributed by atoms with Gasteiger partial charge in [0.2, 0.25) is 0 Å². The first-order valence-corrected chi connectivity index (χ1v) is 7.54. The highest BCUT2D eigenvalue weighted by Crippen LogP contribution is 2.45. The minimum Gasteiger partial charge on any atom is -0.390 e. The number of aliphatic hydroxyl groups is 1. The Morgan fingerprint density at radius 3 is 2.67 bits per heavy atom. The molecule has 1 aliphatic rings. The first-order valence-electron chi connectivity index (χ1n) is 6.75. The topological polar surface area (TPSA) is 20.2 Å². The Hall–Kier alpha value is -0.340. The number of hydrogen-bond donors (Lipinski definition) is 1. The van der Waals surface area contributed by atoms with Crippen LogP contribution in [0, 0.1) is 11.3 Å². The highest BCUT2D eigenvalue weighted by Gasteiger charge is 2.41. The third-order valence-electron chi connectivity index (χ3n) is 3.86. The highest BCUT2D eigenvalue weighted by atomic mass is 79.9. The zero-order chi connectivity index (χ0) is 13.4. The van der Waals surface area contributed by atoms with Gasteiger partial charge < -0.3 is 5.11 Å². The fraction of sp³-hybridized carbons (Fsp3) is 0.625. The minimum absolute atomic E-state index is 0.248. The second kappa shape index (κ2) is 4.97. The molecule has 1 aromatic carbocycles. The molecule has 0 aromatic heterocycles. The van der Waals surface area contributed by atoms with Crippen LogP contribution in [0.25, 0.3) is 0 Å². The predicted octanol–water partition coefficient (Wildman–Crippen LogP) is 4.57. The summed E-state index contributed by atoms with van der Waals surface area (Å²) in [6.45, 7) is 6.80. The summed E-state index contributed by atoms with van der Waals surface area (Å²) in [4.78, 5) is 0. The van der Waals surface area contributed by atoms with Crippen molar-refractivity contribution in [2.75, 3.05) is 0 Å². The molecule has 0 aliphatic heterocycles. The van der Waals surface area contributed by atoms with Crippen LogP contribution >= 0.6 is 15.9 Å². The lowest BCUT2D eigenvalue weighted by atomic mass is 9.64. The van der Waals surface area contributed by atoms with E-state index in [-0.39, 0.29) is 5.41 Å². The highest BCUT2D eigenvalue weighted by molar-refractivity contribution is 9.10. The Balaban J connectivity index is 2.16. The van der Waals surface area contributed by atoms with Crippen LogP contribution in [0.2, 0.25) is 0 Å². The van der Waals surface area contributed by atoms with Gasteiger partial charge in [-0.2, -0.15) is 0 Å². The first kappa shape index (κ1) is 14.1. The number of rotatable bonds is 2. The minimum atomic E-state index is -0.540. The zero-order valence-electron chi connectivity index (χ0n) is 11.5. The Kier molecular flexibility index (Phi) is 3.89. The molecule has 1 N–H and O–H groups in total. The number of hydrogen-bond acceptors (Lipinski definition) is 1. The molecule has 0 radical (unpaired) electrons. The summed E-state index contributed by atoms with van der Waals surface area (Å²) in [5.74, 6) is 0.603. The Morgan fingerprint density at radius 2 is 2.06 bits per heavy atom. The molecule has 1 saturated carbocycles. The summed E-state index contributed by atoms with van der Waals surface area (Å²) in [6, 6.07) is 8.29. The number of halogens is 1. The fourth-order valence-electron chi connectivity index (χ4n) is 3.86. The lowest BCUT2D eigenvalue weighted by Crippen LogP contribution is -2.43. The molecular formula is C16H23BrO. The maximum absolute atomic E-state index is 10.9. The van der Waals surface area contributed by atoms with Crippen LogP contribution in [-0.4, -0.2) is 10.7 Å². The van der Waals surface area contributed by atoms with Crippen molar-refractivity contribution in [2.45, 2.75) is 52.1 Å². The van der Waals surface area contributed by atoms with E-state index in [1.165, 1.54) is 12.0 Å². The van der Waals surface area contributed by atoms with Crippen molar-refractivity contribution in [1.82, 2.24) is 0 Å². The van der Waals surface area contributed by atoms with Gasteiger partial charge in [0.15, 0.2) is 0 Å². The van der Waals surface area contributed by atoms with Gasteiger partial charge in [0, 0.05) is 10.9 Å². The van der Waals surface area contributed by atoms with Crippen LogP contribution in [0.3, 0.4) is 0 Å². The van der Waals surface area contributed by atoms with Crippen molar-refractivity contribution in [1.29, 1.82) is 0 Å². The zero-order valence-corrected chi connectivity index (χ0v) is 13.1. The summed E-state index contributed by atoms with van der Waals surface area (Å²) < 4.78 is 1.09. The van der Waals surface area contributed by atoms with E-state index >= 15 is 0 Å². The monoisotopic (exact) mass is 310 g/mol. The molecule has 0 saturated heterocycles. The molecule has 2 unspecified atom stereocenters. The van der Waals surface area contributed by atoms with E-state index in [2.05, 4.69) is 48.8 Å². The third kappa shape index (κ3) is 3.58. The van der Waals surface area contributed by atoms with Gasteiger partial charge in [-0.15, -0.1) is 0 Å². The molecule has 0 heterocycles. The summed E-state index contributed by atoms with van der Waals surface area (Å²) in [6.07, 6.45) is 3.80. The smallest absolute Gasteiger partial charge is 0.0695 e. The van der Waals surface area contributed by atoms with Gasteiger partial charge in [-0.25, -0.2) is 0 Å². The van der Waals surface area contributed by atoms with Crippen LogP contribution in [-0.2, 0) is 6.42 Å². The van der Waals surface area contributed by atoms with Gasteiger partial charge in [0.05, 0.1) is 5.60 Å². The van der Waals surface area contributed by atoms with Crippen molar-refractivity contribution in [2.24, 2.45) is 11.3 Å². The van der Waals surface area contributed by atoms with Gasteiger partial charge >= 0.3 is 0 Å². The van der Waals surface area contributed by atoms with Gasteiger partial charge in [-0.1, -0.05) is 48.8 Å². The molecule has 1 nitrogen and oxygen atoms in total. The Morgan fingerprint density at radius 1 is 1.33 bits per heavy atom. The molecule has 100 valence electrons. The van der Waals surface area contributed by atoms with Crippen molar-refractivity contribution >= 4 is 15.9 Å². The maximum atomic E-state index is 10.9. The molecule has 2 heteroatoms. The molecule has 1 aromatic rings. The van der Waals surface area contributed by atoms with Crippen molar-refractivity contribution in [3.8, 4) is 0 Å². The molecule has 1 fully saturated rings. The van der Waals surface area contributed by atoms with Gasteiger partial charge in [-0.3, -0.25) is 0 Å². The van der Waals surface area contributed by atoms with Gasteiger partial charge in [0.1, 0.15) is 0 Å². The lowest BCUT2D eigenvalue weighted by Gasteiger charge is -2.44. The number of benzene rings is 1. The lowest BCUT2D eigenvalue weighted by molar-refractivity contribution is -0.0574. The van der Waals surface area contributed by atoms with E-state index in [0.29, 0.717) is 5.92 Å². The predicted molar refractivity (Wildman–Crippen MR) is 79.6 cm³/mol. The first-order chi connectivity index (χ1) is 8.28. The molecular weight excluding hydrogens is 288 g/mol. The van der Waals surface area contributed by atoms with E-state index in [9.17, 15) is 5.11 Å². The average molecular weight is 311 g/mol. The quantitative estimate of drug-likeness (QED) is 0.848.